The lowest BCUT2D eigenvalue weighted by molar-refractivity contribution is -0.126. The zero-order chi connectivity index (χ0) is 20.8. The number of para-hydroxylation sites is 1. The fraction of sp³-hybridized carbons (Fsp3) is 0.417. The van der Waals surface area contributed by atoms with Crippen LogP contribution in [0.25, 0.3) is 0 Å². The predicted molar refractivity (Wildman–Crippen MR) is 115 cm³/mol. The zero-order valence-electron chi connectivity index (χ0n) is 17.5. The molecule has 2 aromatic rings. The summed E-state index contributed by atoms with van der Waals surface area (Å²) in [5, 5.41) is 2.79. The van der Waals surface area contributed by atoms with Gasteiger partial charge in [-0.05, 0) is 36.6 Å². The topological polar surface area (TPSA) is 58.6 Å². The number of nitrogens with one attached hydrogen (secondary N) is 1. The average Bonchev–Trinajstić information content (AvgIpc) is 2.95. The summed E-state index contributed by atoms with van der Waals surface area (Å²) in [6.45, 7) is 6.82. The van der Waals surface area contributed by atoms with Crippen LogP contribution in [0.2, 0.25) is 0 Å². The fourth-order valence-electron chi connectivity index (χ4n) is 3.77. The van der Waals surface area contributed by atoms with E-state index < -0.39 is 6.04 Å². The van der Waals surface area contributed by atoms with Crippen molar-refractivity contribution >= 4 is 17.5 Å². The number of unbranched alkanes of at least 4 members (excludes halogenated alkanes) is 3. The molecule has 0 aliphatic carbocycles. The van der Waals surface area contributed by atoms with Crippen LogP contribution in [-0.2, 0) is 16.1 Å². The van der Waals surface area contributed by atoms with Crippen molar-refractivity contribution < 1.29 is 14.3 Å². The number of nitrogens with zero attached hydrogens (tertiary/aromatic N) is 1. The van der Waals surface area contributed by atoms with Gasteiger partial charge >= 0.3 is 0 Å². The Morgan fingerprint density at radius 1 is 1.10 bits per heavy atom. The van der Waals surface area contributed by atoms with Crippen molar-refractivity contribution in [2.75, 3.05) is 11.5 Å². The third-order valence-electron chi connectivity index (χ3n) is 5.24. The molecule has 5 nitrogen and oxygen atoms in total. The van der Waals surface area contributed by atoms with Crippen LogP contribution in [0, 0.1) is 6.92 Å². The van der Waals surface area contributed by atoms with Crippen LogP contribution >= 0.6 is 0 Å². The molecule has 0 saturated heterocycles. The molecule has 29 heavy (non-hydrogen) atoms. The van der Waals surface area contributed by atoms with Gasteiger partial charge in [-0.15, -0.1) is 0 Å². The molecule has 0 unspecified atom stereocenters. The second-order valence-electron chi connectivity index (χ2n) is 7.62. The van der Waals surface area contributed by atoms with E-state index in [0.717, 1.165) is 41.2 Å². The van der Waals surface area contributed by atoms with Gasteiger partial charge in [0.2, 0.25) is 5.91 Å². The molecule has 0 aromatic heterocycles. The first-order valence-electron chi connectivity index (χ1n) is 10.4. The van der Waals surface area contributed by atoms with Crippen molar-refractivity contribution in [1.29, 1.82) is 0 Å². The molecule has 0 spiro atoms. The smallest absolute Gasteiger partial charge is 0.254 e. The van der Waals surface area contributed by atoms with E-state index in [-0.39, 0.29) is 11.8 Å². The Labute approximate surface area is 173 Å². The summed E-state index contributed by atoms with van der Waals surface area (Å²) in [5.74, 6) is 0.546. The molecule has 3 rings (SSSR count). The number of hydrogen-bond acceptors (Lipinski definition) is 3. The predicted octanol–water partition coefficient (Wildman–Crippen LogP) is 4.68. The molecule has 154 valence electrons. The summed E-state index contributed by atoms with van der Waals surface area (Å²) in [6.07, 6.45) is 4.72. The number of hydrogen-bond donors (Lipinski definition) is 1. The lowest BCUT2D eigenvalue weighted by Gasteiger charge is -2.20. The second-order valence-corrected chi connectivity index (χ2v) is 7.62. The Kier molecular flexibility index (Phi) is 6.91. The number of benzene rings is 2. The van der Waals surface area contributed by atoms with Crippen LogP contribution in [0.5, 0.6) is 5.75 Å². The number of anilines is 1. The van der Waals surface area contributed by atoms with Crippen LogP contribution in [-0.4, -0.2) is 18.4 Å². The molecule has 1 atom stereocenters. The molecule has 0 saturated carbocycles. The van der Waals surface area contributed by atoms with E-state index in [0.29, 0.717) is 6.54 Å². The maximum absolute atomic E-state index is 13.0. The lowest BCUT2D eigenvalue weighted by atomic mass is 10.1. The summed E-state index contributed by atoms with van der Waals surface area (Å²) >= 11 is 0. The molecule has 0 bridgehead atoms. The highest BCUT2D eigenvalue weighted by atomic mass is 16.5. The number of amides is 2. The zero-order valence-corrected chi connectivity index (χ0v) is 17.5. The van der Waals surface area contributed by atoms with E-state index in [1.807, 2.05) is 49.4 Å². The van der Waals surface area contributed by atoms with E-state index in [9.17, 15) is 9.59 Å². The van der Waals surface area contributed by atoms with Crippen LogP contribution < -0.4 is 15.0 Å². The van der Waals surface area contributed by atoms with Gasteiger partial charge in [0.1, 0.15) is 11.8 Å². The van der Waals surface area contributed by atoms with Gasteiger partial charge in [-0.25, -0.2) is 0 Å². The Hall–Kier alpha value is -2.82. The van der Waals surface area contributed by atoms with Gasteiger partial charge in [-0.2, -0.15) is 0 Å². The third-order valence-corrected chi connectivity index (χ3v) is 5.24. The van der Waals surface area contributed by atoms with Crippen molar-refractivity contribution in [3.05, 3.63) is 59.2 Å². The van der Waals surface area contributed by atoms with Crippen molar-refractivity contribution in [2.45, 2.75) is 59.0 Å². The number of carbonyl (C=O) groups excluding carboxylic acids is 2. The number of carbonyl (C=O) groups is 2. The molecule has 2 aromatic carbocycles. The van der Waals surface area contributed by atoms with Crippen LogP contribution in [0.3, 0.4) is 0 Å². The summed E-state index contributed by atoms with van der Waals surface area (Å²) in [4.78, 5) is 26.4. The Morgan fingerprint density at radius 2 is 1.86 bits per heavy atom. The van der Waals surface area contributed by atoms with E-state index in [1.54, 1.807) is 4.90 Å². The molecule has 5 heteroatoms. The van der Waals surface area contributed by atoms with E-state index in [4.69, 9.17) is 4.74 Å². The fourth-order valence-corrected chi connectivity index (χ4v) is 3.77. The minimum absolute atomic E-state index is 0.0965. The minimum atomic E-state index is -0.617. The summed E-state index contributed by atoms with van der Waals surface area (Å²) in [7, 11) is 0. The van der Waals surface area contributed by atoms with Gasteiger partial charge in [0.25, 0.3) is 5.91 Å². The first-order valence-corrected chi connectivity index (χ1v) is 10.4. The minimum Gasteiger partial charge on any atom is -0.494 e. The normalized spacial score (nSPS) is 15.3. The highest BCUT2D eigenvalue weighted by molar-refractivity contribution is 6.06. The lowest BCUT2D eigenvalue weighted by Crippen LogP contribution is -2.36. The molecule has 2 amide bonds. The number of ether oxygens (including phenoxy) is 1. The molecular formula is C24H30N2O3. The number of fused-ring (bicyclic) bond motifs is 1. The quantitative estimate of drug-likeness (QED) is 0.628. The molecule has 0 fully saturated rings. The van der Waals surface area contributed by atoms with E-state index >= 15 is 0 Å². The van der Waals surface area contributed by atoms with Crippen LogP contribution in [0.1, 0.15) is 62.3 Å². The van der Waals surface area contributed by atoms with Gasteiger partial charge in [-0.1, -0.05) is 56.5 Å². The molecule has 1 N–H and O–H groups in total. The standard InChI is InChI=1S/C24H30N2O3/c1-4-5-6-7-15-29-20-13-11-19(12-14-20)16-26-23-17(2)9-8-10-21(23)22(24(26)28)25-18(3)27/h8-14,22H,4-7,15-16H2,1-3H3,(H,25,27)/t22-/m0/s1. The molecule has 1 aliphatic heterocycles. The summed E-state index contributed by atoms with van der Waals surface area (Å²) in [6, 6.07) is 13.1. The summed E-state index contributed by atoms with van der Waals surface area (Å²) < 4.78 is 5.81. The van der Waals surface area contributed by atoms with Crippen LogP contribution in [0.4, 0.5) is 5.69 Å². The van der Waals surface area contributed by atoms with E-state index in [2.05, 4.69) is 12.2 Å². The molecular weight excluding hydrogens is 364 g/mol. The van der Waals surface area contributed by atoms with Gasteiger partial charge < -0.3 is 15.0 Å². The first-order chi connectivity index (χ1) is 14.0. The van der Waals surface area contributed by atoms with Gasteiger partial charge in [0.05, 0.1) is 18.8 Å². The Morgan fingerprint density at radius 3 is 2.55 bits per heavy atom. The SMILES string of the molecule is CCCCCCOc1ccc(CN2C(=O)[C@@H](NC(C)=O)c3cccc(C)c32)cc1. The van der Waals surface area contributed by atoms with Crippen molar-refractivity contribution in [1.82, 2.24) is 5.32 Å². The maximum atomic E-state index is 13.0. The van der Waals surface area contributed by atoms with Crippen molar-refractivity contribution in [3.8, 4) is 5.75 Å². The van der Waals surface area contributed by atoms with Gasteiger partial charge in [0, 0.05) is 12.5 Å². The monoisotopic (exact) mass is 394 g/mol. The second kappa shape index (κ2) is 9.59. The van der Waals surface area contributed by atoms with Gasteiger partial charge in [0.15, 0.2) is 0 Å². The average molecular weight is 395 g/mol. The summed E-state index contributed by atoms with van der Waals surface area (Å²) in [5.41, 5.74) is 3.80. The molecule has 1 heterocycles. The molecule has 0 radical (unpaired) electrons. The first kappa shape index (κ1) is 20.9. The number of rotatable bonds is 9. The van der Waals surface area contributed by atoms with Gasteiger partial charge in [-0.3, -0.25) is 9.59 Å². The third kappa shape index (κ3) is 4.97. The van der Waals surface area contributed by atoms with E-state index in [1.165, 1.54) is 26.2 Å². The largest absolute Gasteiger partial charge is 0.494 e. The van der Waals surface area contributed by atoms with Crippen molar-refractivity contribution in [2.24, 2.45) is 0 Å². The highest BCUT2D eigenvalue weighted by Gasteiger charge is 2.38. The van der Waals surface area contributed by atoms with Crippen LogP contribution in [0.15, 0.2) is 42.5 Å². The number of aryl methyl sites for hydroxylation is 1. The van der Waals surface area contributed by atoms with Crippen molar-refractivity contribution in [3.63, 3.8) is 0 Å². The maximum Gasteiger partial charge on any atom is 0.254 e. The highest BCUT2D eigenvalue weighted by Crippen LogP contribution is 2.39. The Bertz CT molecular complexity index is 861. The Balaban J connectivity index is 1.70. The molecule has 1 aliphatic rings.